The van der Waals surface area contributed by atoms with Gasteiger partial charge in [-0.2, -0.15) is 0 Å². The largest absolute Gasteiger partial charge is 0.440 e. The second-order valence-corrected chi connectivity index (χ2v) is 6.97. The van der Waals surface area contributed by atoms with Crippen molar-refractivity contribution in [2.75, 3.05) is 0 Å². The zero-order valence-corrected chi connectivity index (χ0v) is 15.5. The summed E-state index contributed by atoms with van der Waals surface area (Å²) in [5.41, 5.74) is 1.99. The van der Waals surface area contributed by atoms with Crippen LogP contribution >= 0.6 is 0 Å². The molecule has 1 aliphatic heterocycles. The molecule has 0 bridgehead atoms. The van der Waals surface area contributed by atoms with Gasteiger partial charge in [0, 0.05) is 5.56 Å². The van der Waals surface area contributed by atoms with Crippen molar-refractivity contribution in [1.29, 1.82) is 0 Å². The lowest BCUT2D eigenvalue weighted by atomic mass is 9.89. The molecule has 1 N–H and O–H groups in total. The minimum atomic E-state index is -0.277. The fourth-order valence-electron chi connectivity index (χ4n) is 4.02. The van der Waals surface area contributed by atoms with Gasteiger partial charge in [0.05, 0.1) is 6.04 Å². The van der Waals surface area contributed by atoms with Crippen LogP contribution in [0.15, 0.2) is 90.3 Å². The summed E-state index contributed by atoms with van der Waals surface area (Å²) in [6, 6.07) is 26.0. The molecule has 1 unspecified atom stereocenters. The van der Waals surface area contributed by atoms with Gasteiger partial charge in [0.15, 0.2) is 12.6 Å². The number of carbonyl (C=O) groups is 2. The van der Waals surface area contributed by atoms with Crippen molar-refractivity contribution >= 4 is 34.1 Å². The first kappa shape index (κ1) is 17.2. The topological polar surface area (TPSA) is 55.4 Å². The smallest absolute Gasteiger partial charge is 0.208 e. The number of hydrogen-bond acceptors (Lipinski definition) is 4. The highest BCUT2D eigenvalue weighted by Gasteiger charge is 2.30. The van der Waals surface area contributed by atoms with Crippen molar-refractivity contribution in [3.63, 3.8) is 0 Å². The van der Waals surface area contributed by atoms with Gasteiger partial charge in [0.25, 0.3) is 0 Å². The molecule has 0 aliphatic carbocycles. The van der Waals surface area contributed by atoms with Crippen molar-refractivity contribution in [1.82, 2.24) is 5.32 Å². The summed E-state index contributed by atoms with van der Waals surface area (Å²) in [4.78, 5) is 22.8. The summed E-state index contributed by atoms with van der Waals surface area (Å²) >= 11 is 0. The van der Waals surface area contributed by atoms with Crippen molar-refractivity contribution in [2.24, 2.45) is 0 Å². The molecule has 1 atom stereocenters. The SMILES string of the molecule is O=CC(C=O)=C1NC(c2cccc3ccccc23)c2c(ccc3ccccc23)O1. The van der Waals surface area contributed by atoms with Crippen molar-refractivity contribution in [3.05, 3.63) is 101 Å². The van der Waals surface area contributed by atoms with E-state index in [4.69, 9.17) is 4.74 Å². The van der Waals surface area contributed by atoms with E-state index in [0.29, 0.717) is 18.3 Å². The van der Waals surface area contributed by atoms with E-state index >= 15 is 0 Å². The van der Waals surface area contributed by atoms with E-state index < -0.39 is 0 Å². The number of allylic oxidation sites excluding steroid dienone is 1. The van der Waals surface area contributed by atoms with E-state index in [9.17, 15) is 9.59 Å². The number of hydrogen-bond donors (Lipinski definition) is 1. The number of nitrogens with one attached hydrogen (secondary N) is 1. The highest BCUT2D eigenvalue weighted by Crippen LogP contribution is 2.42. The molecule has 1 aliphatic rings. The lowest BCUT2D eigenvalue weighted by Crippen LogP contribution is -2.32. The molecule has 0 saturated carbocycles. The van der Waals surface area contributed by atoms with Gasteiger partial charge < -0.3 is 10.1 Å². The van der Waals surface area contributed by atoms with Crippen LogP contribution in [-0.4, -0.2) is 12.6 Å². The van der Waals surface area contributed by atoms with Crippen molar-refractivity contribution < 1.29 is 14.3 Å². The van der Waals surface area contributed by atoms with Crippen LogP contribution in [0.3, 0.4) is 0 Å². The molecule has 5 rings (SSSR count). The van der Waals surface area contributed by atoms with E-state index in [1.807, 2.05) is 42.5 Å². The Morgan fingerprint density at radius 1 is 0.759 bits per heavy atom. The molecule has 4 aromatic carbocycles. The van der Waals surface area contributed by atoms with E-state index in [1.165, 1.54) is 0 Å². The minimum absolute atomic E-state index is 0.0472. The fraction of sp³-hybridized carbons (Fsp3) is 0.0400. The normalized spacial score (nSPS) is 15.3. The Hall–Kier alpha value is -3.92. The van der Waals surface area contributed by atoms with E-state index in [2.05, 4.69) is 41.7 Å². The predicted molar refractivity (Wildman–Crippen MR) is 113 cm³/mol. The summed E-state index contributed by atoms with van der Waals surface area (Å²) in [5, 5.41) is 7.69. The maximum atomic E-state index is 11.4. The quantitative estimate of drug-likeness (QED) is 0.243. The van der Waals surface area contributed by atoms with E-state index in [0.717, 1.165) is 32.7 Å². The summed E-state index contributed by atoms with van der Waals surface area (Å²) in [7, 11) is 0. The highest BCUT2D eigenvalue weighted by atomic mass is 16.5. The molecule has 4 nitrogen and oxygen atoms in total. The third-order valence-corrected chi connectivity index (χ3v) is 5.36. The lowest BCUT2D eigenvalue weighted by Gasteiger charge is -2.32. The zero-order valence-electron chi connectivity index (χ0n) is 15.5. The van der Waals surface area contributed by atoms with Gasteiger partial charge >= 0.3 is 0 Å². The zero-order chi connectivity index (χ0) is 19.8. The van der Waals surface area contributed by atoms with Gasteiger partial charge in [0.2, 0.25) is 5.88 Å². The molecular formula is C25H17NO3. The first-order valence-electron chi connectivity index (χ1n) is 9.38. The third-order valence-electron chi connectivity index (χ3n) is 5.36. The number of benzene rings is 4. The predicted octanol–water partition coefficient (Wildman–Crippen LogP) is 4.67. The monoisotopic (exact) mass is 379 g/mol. The number of fused-ring (bicyclic) bond motifs is 4. The third kappa shape index (κ3) is 2.77. The van der Waals surface area contributed by atoms with Crippen LogP contribution in [0.1, 0.15) is 17.2 Å². The van der Waals surface area contributed by atoms with E-state index in [-0.39, 0.29) is 17.5 Å². The van der Waals surface area contributed by atoms with Crippen LogP contribution in [0.4, 0.5) is 0 Å². The summed E-state index contributed by atoms with van der Waals surface area (Å²) in [6.45, 7) is 0. The van der Waals surface area contributed by atoms with Gasteiger partial charge in [-0.25, -0.2) is 0 Å². The van der Waals surface area contributed by atoms with Crippen LogP contribution < -0.4 is 10.1 Å². The maximum absolute atomic E-state index is 11.4. The Morgan fingerprint density at radius 2 is 1.41 bits per heavy atom. The molecule has 4 aromatic rings. The Labute approximate surface area is 167 Å². The van der Waals surface area contributed by atoms with Gasteiger partial charge in [-0.15, -0.1) is 0 Å². The second kappa shape index (κ2) is 6.91. The Kier molecular flexibility index (Phi) is 4.10. The molecular weight excluding hydrogens is 362 g/mol. The second-order valence-electron chi connectivity index (χ2n) is 6.97. The first-order chi connectivity index (χ1) is 14.3. The molecule has 0 fully saturated rings. The van der Waals surface area contributed by atoms with Crippen LogP contribution in [0.25, 0.3) is 21.5 Å². The van der Waals surface area contributed by atoms with Crippen molar-refractivity contribution in [2.45, 2.75) is 6.04 Å². The highest BCUT2D eigenvalue weighted by molar-refractivity contribution is 6.00. The van der Waals surface area contributed by atoms with Crippen LogP contribution in [0.2, 0.25) is 0 Å². The fourth-order valence-corrected chi connectivity index (χ4v) is 4.02. The molecule has 4 heteroatoms. The minimum Gasteiger partial charge on any atom is -0.440 e. The average Bonchev–Trinajstić information content (AvgIpc) is 2.79. The summed E-state index contributed by atoms with van der Waals surface area (Å²) < 4.78 is 5.95. The van der Waals surface area contributed by atoms with Crippen LogP contribution in [-0.2, 0) is 9.59 Å². The Balaban J connectivity index is 1.84. The summed E-state index contributed by atoms with van der Waals surface area (Å²) in [6.07, 6.45) is 1.03. The lowest BCUT2D eigenvalue weighted by molar-refractivity contribution is -0.110. The number of ether oxygens (including phenoxy) is 1. The standard InChI is InChI=1S/C25H17NO3/c27-14-18(15-28)25-26-24(21-11-5-8-16-6-1-3-9-19(16)21)23-20-10-4-2-7-17(20)12-13-22(23)29-25/h1-15,24,26H. The molecule has 0 aromatic heterocycles. The molecule has 1 heterocycles. The summed E-state index contributed by atoms with van der Waals surface area (Å²) in [5.74, 6) is 0.812. The molecule has 0 amide bonds. The van der Waals surface area contributed by atoms with E-state index in [1.54, 1.807) is 0 Å². The molecule has 0 saturated heterocycles. The Bertz CT molecular complexity index is 1290. The molecule has 0 spiro atoms. The van der Waals surface area contributed by atoms with Crippen LogP contribution in [0, 0.1) is 0 Å². The average molecular weight is 379 g/mol. The molecule has 0 radical (unpaired) electrons. The van der Waals surface area contributed by atoms with Gasteiger partial charge in [-0.05, 0) is 33.2 Å². The number of rotatable bonds is 3. The van der Waals surface area contributed by atoms with Crippen LogP contribution in [0.5, 0.6) is 5.75 Å². The number of carbonyl (C=O) groups excluding carboxylic acids is 2. The van der Waals surface area contributed by atoms with Gasteiger partial charge in [-0.1, -0.05) is 72.8 Å². The van der Waals surface area contributed by atoms with Crippen molar-refractivity contribution in [3.8, 4) is 5.75 Å². The maximum Gasteiger partial charge on any atom is 0.208 e. The Morgan fingerprint density at radius 3 is 2.17 bits per heavy atom. The molecule has 29 heavy (non-hydrogen) atoms. The van der Waals surface area contributed by atoms with Gasteiger partial charge in [-0.3, -0.25) is 9.59 Å². The van der Waals surface area contributed by atoms with Gasteiger partial charge in [0.1, 0.15) is 11.3 Å². The first-order valence-corrected chi connectivity index (χ1v) is 9.38. The molecule has 140 valence electrons. The number of aldehydes is 2.